The van der Waals surface area contributed by atoms with Crippen LogP contribution in [0.4, 0.5) is 0 Å². The van der Waals surface area contributed by atoms with Crippen molar-refractivity contribution < 1.29 is 34.2 Å². The first kappa shape index (κ1) is 30.1. The Hall–Kier alpha value is -4.91. The van der Waals surface area contributed by atoms with Crippen molar-refractivity contribution in [3.63, 3.8) is 0 Å². The maximum Gasteiger partial charge on any atom is 0.326 e. The lowest BCUT2D eigenvalue weighted by atomic mass is 10.0. The average Bonchev–Trinajstić information content (AvgIpc) is 3.64. The molecular weight excluding hydrogens is 544 g/mol. The number of carboxylic acid groups (broad SMARTS) is 1. The zero-order chi connectivity index (χ0) is 30.2. The van der Waals surface area contributed by atoms with E-state index >= 15 is 0 Å². The van der Waals surface area contributed by atoms with E-state index in [1.165, 1.54) is 12.1 Å². The fourth-order valence-corrected chi connectivity index (χ4v) is 4.93. The van der Waals surface area contributed by atoms with Crippen LogP contribution in [0.5, 0.6) is 5.75 Å². The van der Waals surface area contributed by atoms with E-state index in [1.807, 2.05) is 24.3 Å². The van der Waals surface area contributed by atoms with E-state index in [4.69, 9.17) is 5.73 Å². The number of primary amides is 1. The molecule has 0 saturated carbocycles. The molecule has 2 heterocycles. The molecular formula is C29H34N6O7. The first-order valence-electron chi connectivity index (χ1n) is 13.6. The fraction of sp³-hybridized carbons (Fsp3) is 0.345. The van der Waals surface area contributed by atoms with Gasteiger partial charge in [-0.3, -0.25) is 19.2 Å². The van der Waals surface area contributed by atoms with Crippen LogP contribution in [0.1, 0.15) is 30.4 Å². The van der Waals surface area contributed by atoms with Crippen molar-refractivity contribution in [1.82, 2.24) is 26.3 Å². The van der Waals surface area contributed by atoms with Gasteiger partial charge in [0.15, 0.2) is 0 Å². The molecule has 42 heavy (non-hydrogen) atoms. The maximum absolute atomic E-state index is 13.4. The lowest BCUT2D eigenvalue weighted by Gasteiger charge is -2.25. The number of fused-ring (bicyclic) bond motifs is 1. The van der Waals surface area contributed by atoms with Crippen molar-refractivity contribution in [3.05, 3.63) is 65.9 Å². The van der Waals surface area contributed by atoms with E-state index in [1.54, 1.807) is 18.3 Å². The van der Waals surface area contributed by atoms with Crippen LogP contribution in [-0.2, 0) is 36.8 Å². The van der Waals surface area contributed by atoms with Crippen molar-refractivity contribution in [3.8, 4) is 5.75 Å². The Morgan fingerprint density at radius 2 is 1.60 bits per heavy atom. The number of amides is 4. The Bertz CT molecular complexity index is 1450. The summed E-state index contributed by atoms with van der Waals surface area (Å²) in [6, 6.07) is 8.86. The molecule has 2 aromatic carbocycles. The Kier molecular flexibility index (Phi) is 9.76. The molecule has 13 nitrogen and oxygen atoms in total. The molecule has 0 bridgehead atoms. The minimum atomic E-state index is -1.50. The van der Waals surface area contributed by atoms with Crippen molar-refractivity contribution in [2.75, 3.05) is 6.54 Å². The molecule has 3 aromatic rings. The molecule has 1 saturated heterocycles. The molecule has 222 valence electrons. The Labute approximate surface area is 241 Å². The summed E-state index contributed by atoms with van der Waals surface area (Å²) in [6.45, 7) is 0.664. The molecule has 1 aliphatic heterocycles. The van der Waals surface area contributed by atoms with E-state index in [0.717, 1.165) is 17.3 Å². The highest BCUT2D eigenvalue weighted by Gasteiger charge is 2.32. The molecule has 4 unspecified atom stereocenters. The van der Waals surface area contributed by atoms with Gasteiger partial charge in [-0.2, -0.15) is 0 Å². The van der Waals surface area contributed by atoms with Gasteiger partial charge < -0.3 is 42.2 Å². The Morgan fingerprint density at radius 3 is 2.26 bits per heavy atom. The summed E-state index contributed by atoms with van der Waals surface area (Å²) in [5.41, 5.74) is 7.43. The minimum absolute atomic E-state index is 0.0216. The SMILES string of the molecule is NC(=O)CC(NC(=O)C(Cc1ccc(O)cc1)NC(=O)C1CCCN1)C(=O)NC(Cc1c[nH]c2ccccc12)C(=O)O. The third kappa shape index (κ3) is 7.85. The number of nitrogens with one attached hydrogen (secondary N) is 5. The summed E-state index contributed by atoms with van der Waals surface area (Å²) in [6.07, 6.45) is 2.42. The summed E-state index contributed by atoms with van der Waals surface area (Å²) in [4.78, 5) is 66.5. The number of carbonyl (C=O) groups is 5. The molecule has 4 atom stereocenters. The number of phenols is 1. The standard InChI is InChI=1S/C29H34N6O7/c30-25(37)14-23(28(40)35-24(29(41)42)13-17-15-32-20-5-2-1-4-19(17)20)34-27(39)22(12-16-7-9-18(36)10-8-16)33-26(38)21-6-3-11-31-21/h1-2,4-5,7-10,15,21-24,31-32,36H,3,6,11-14H2,(H2,30,37)(H,33,38)(H,34,39)(H,35,40)(H,41,42). The van der Waals surface area contributed by atoms with Gasteiger partial charge >= 0.3 is 5.97 Å². The molecule has 1 fully saturated rings. The summed E-state index contributed by atoms with van der Waals surface area (Å²) in [7, 11) is 0. The van der Waals surface area contributed by atoms with Crippen LogP contribution >= 0.6 is 0 Å². The topological polar surface area (TPSA) is 216 Å². The first-order valence-corrected chi connectivity index (χ1v) is 13.6. The predicted octanol–water partition coefficient (Wildman–Crippen LogP) is -0.175. The van der Waals surface area contributed by atoms with Crippen LogP contribution in [0, 0.1) is 0 Å². The van der Waals surface area contributed by atoms with Gasteiger partial charge in [0.2, 0.25) is 23.6 Å². The molecule has 4 rings (SSSR count). The van der Waals surface area contributed by atoms with Crippen molar-refractivity contribution in [2.24, 2.45) is 5.73 Å². The maximum atomic E-state index is 13.4. The van der Waals surface area contributed by atoms with Crippen molar-refractivity contribution in [1.29, 1.82) is 0 Å². The number of aromatic amines is 1. The number of aliphatic carboxylic acids is 1. The first-order chi connectivity index (χ1) is 20.1. The highest BCUT2D eigenvalue weighted by atomic mass is 16.4. The van der Waals surface area contributed by atoms with Gasteiger partial charge in [-0.15, -0.1) is 0 Å². The number of aromatic nitrogens is 1. The van der Waals surface area contributed by atoms with Crippen molar-refractivity contribution >= 4 is 40.5 Å². The quantitative estimate of drug-likeness (QED) is 0.136. The van der Waals surface area contributed by atoms with E-state index < -0.39 is 60.2 Å². The van der Waals surface area contributed by atoms with E-state index in [-0.39, 0.29) is 18.6 Å². The highest BCUT2D eigenvalue weighted by Crippen LogP contribution is 2.19. The number of rotatable bonds is 13. The van der Waals surface area contributed by atoms with Gasteiger partial charge in [0.25, 0.3) is 0 Å². The highest BCUT2D eigenvalue weighted by molar-refractivity contribution is 5.96. The van der Waals surface area contributed by atoms with Gasteiger partial charge in [-0.05, 0) is 48.7 Å². The van der Waals surface area contributed by atoms with Gasteiger partial charge in [-0.1, -0.05) is 30.3 Å². The largest absolute Gasteiger partial charge is 0.508 e. The molecule has 1 aliphatic rings. The number of carbonyl (C=O) groups excluding carboxylic acids is 4. The van der Waals surface area contributed by atoms with Crippen LogP contribution < -0.4 is 27.0 Å². The van der Waals surface area contributed by atoms with E-state index in [2.05, 4.69) is 26.3 Å². The number of carboxylic acids is 1. The van der Waals surface area contributed by atoms with Crippen LogP contribution in [0.2, 0.25) is 0 Å². The number of aromatic hydroxyl groups is 1. The van der Waals surface area contributed by atoms with Gasteiger partial charge in [0, 0.05) is 29.9 Å². The summed E-state index contributed by atoms with van der Waals surface area (Å²) in [5.74, 6) is -4.25. The average molecular weight is 579 g/mol. The smallest absolute Gasteiger partial charge is 0.326 e. The number of nitrogens with two attached hydrogens (primary N) is 1. The summed E-state index contributed by atoms with van der Waals surface area (Å²) >= 11 is 0. The van der Waals surface area contributed by atoms with Crippen LogP contribution in [0.25, 0.3) is 10.9 Å². The molecule has 13 heteroatoms. The molecule has 0 radical (unpaired) electrons. The Morgan fingerprint density at radius 1 is 0.905 bits per heavy atom. The minimum Gasteiger partial charge on any atom is -0.508 e. The second-order valence-corrected chi connectivity index (χ2v) is 10.3. The number of para-hydroxylation sites is 1. The van der Waals surface area contributed by atoms with Crippen molar-refractivity contribution in [2.45, 2.75) is 56.3 Å². The third-order valence-corrected chi connectivity index (χ3v) is 7.14. The summed E-state index contributed by atoms with van der Waals surface area (Å²) < 4.78 is 0. The number of benzene rings is 2. The number of phenolic OH excluding ortho intramolecular Hbond substituents is 1. The predicted molar refractivity (Wildman–Crippen MR) is 152 cm³/mol. The number of hydrogen-bond acceptors (Lipinski definition) is 7. The zero-order valence-corrected chi connectivity index (χ0v) is 22.8. The number of hydrogen-bond donors (Lipinski definition) is 8. The van der Waals surface area contributed by atoms with Crippen LogP contribution in [-0.4, -0.2) is 75.5 Å². The second-order valence-electron chi connectivity index (χ2n) is 10.3. The lowest BCUT2D eigenvalue weighted by molar-refractivity contribution is -0.142. The van der Waals surface area contributed by atoms with Gasteiger partial charge in [-0.25, -0.2) is 4.79 Å². The van der Waals surface area contributed by atoms with E-state index in [9.17, 15) is 34.2 Å². The van der Waals surface area contributed by atoms with Crippen LogP contribution in [0.15, 0.2) is 54.7 Å². The monoisotopic (exact) mass is 578 g/mol. The normalized spacial score (nSPS) is 16.7. The number of H-pyrrole nitrogens is 1. The summed E-state index contributed by atoms with van der Waals surface area (Å²) in [5, 5.41) is 30.9. The molecule has 9 N–H and O–H groups in total. The zero-order valence-electron chi connectivity index (χ0n) is 22.8. The lowest BCUT2D eigenvalue weighted by Crippen LogP contribution is -2.58. The fourth-order valence-electron chi connectivity index (χ4n) is 4.93. The third-order valence-electron chi connectivity index (χ3n) is 7.14. The molecule has 0 spiro atoms. The second kappa shape index (κ2) is 13.6. The molecule has 0 aliphatic carbocycles. The van der Waals surface area contributed by atoms with Crippen LogP contribution in [0.3, 0.4) is 0 Å². The Balaban J connectivity index is 1.50. The van der Waals surface area contributed by atoms with Gasteiger partial charge in [0.05, 0.1) is 12.5 Å². The molecule has 1 aromatic heterocycles. The van der Waals surface area contributed by atoms with Gasteiger partial charge in [0.1, 0.15) is 23.9 Å². The van der Waals surface area contributed by atoms with E-state index in [0.29, 0.717) is 24.1 Å². The molecule has 4 amide bonds.